The van der Waals surface area contributed by atoms with Gasteiger partial charge in [0.15, 0.2) is 11.5 Å². The molecule has 24 heavy (non-hydrogen) atoms. The van der Waals surface area contributed by atoms with Crippen LogP contribution >= 0.6 is 0 Å². The monoisotopic (exact) mass is 327 g/mol. The fourth-order valence-corrected chi connectivity index (χ4v) is 3.58. The molecule has 2 aliphatic rings. The molecule has 1 saturated heterocycles. The molecule has 0 radical (unpaired) electrons. The van der Waals surface area contributed by atoms with Gasteiger partial charge in [-0.3, -0.25) is 4.90 Å². The topological polar surface area (TPSA) is 51.2 Å². The summed E-state index contributed by atoms with van der Waals surface area (Å²) in [6.45, 7) is 1.63. The number of nitrogens with zero attached hydrogens (tertiary/aromatic N) is 1. The maximum Gasteiger partial charge on any atom is 0.231 e. The zero-order chi connectivity index (χ0) is 16.5. The van der Waals surface area contributed by atoms with Crippen LogP contribution in [0.5, 0.6) is 17.2 Å². The van der Waals surface area contributed by atoms with Gasteiger partial charge in [-0.05, 0) is 30.2 Å². The Balaban J connectivity index is 1.60. The minimum absolute atomic E-state index is 0.160. The molecule has 2 aromatic carbocycles. The quantitative estimate of drug-likeness (QED) is 0.936. The minimum atomic E-state index is -0.324. The van der Waals surface area contributed by atoms with Crippen LogP contribution in [0.3, 0.4) is 0 Å². The summed E-state index contributed by atoms with van der Waals surface area (Å²) in [5.74, 6) is 2.46. The molecule has 4 rings (SSSR count). The van der Waals surface area contributed by atoms with Gasteiger partial charge in [-0.25, -0.2) is 0 Å². The van der Waals surface area contributed by atoms with Crippen LogP contribution in [0, 0.1) is 0 Å². The van der Waals surface area contributed by atoms with Crippen LogP contribution in [0.2, 0.25) is 0 Å². The van der Waals surface area contributed by atoms with Crippen molar-refractivity contribution in [3.05, 3.63) is 53.6 Å². The number of rotatable bonds is 4. The molecular formula is C19H21NO4. The first-order chi connectivity index (χ1) is 11.7. The number of aliphatic hydroxyl groups is 1. The molecule has 0 aromatic heterocycles. The smallest absolute Gasteiger partial charge is 0.231 e. The standard InChI is InChI=1S/C19H21NO4/c1-22-16-6-2-4-13(8-16)17-9-15(21)11-20(17)10-14-5-3-7-18-19(14)24-12-23-18/h2-8,15,17,21H,9-12H2,1H3. The highest BCUT2D eigenvalue weighted by atomic mass is 16.7. The number of benzene rings is 2. The number of para-hydroxylation sites is 1. The summed E-state index contributed by atoms with van der Waals surface area (Å²) in [4.78, 5) is 2.29. The Kier molecular flexibility index (Phi) is 4.04. The summed E-state index contributed by atoms with van der Waals surface area (Å²) < 4.78 is 16.4. The first kappa shape index (κ1) is 15.3. The summed E-state index contributed by atoms with van der Waals surface area (Å²) in [5.41, 5.74) is 2.25. The highest BCUT2D eigenvalue weighted by Gasteiger charge is 2.33. The van der Waals surface area contributed by atoms with Gasteiger partial charge in [0.1, 0.15) is 5.75 Å². The van der Waals surface area contributed by atoms with E-state index in [-0.39, 0.29) is 18.9 Å². The summed E-state index contributed by atoms with van der Waals surface area (Å²) in [6, 6.07) is 14.2. The van der Waals surface area contributed by atoms with E-state index < -0.39 is 0 Å². The van der Waals surface area contributed by atoms with E-state index in [9.17, 15) is 5.11 Å². The van der Waals surface area contributed by atoms with Gasteiger partial charge in [0.2, 0.25) is 6.79 Å². The fraction of sp³-hybridized carbons (Fsp3) is 0.368. The maximum absolute atomic E-state index is 10.2. The lowest BCUT2D eigenvalue weighted by Gasteiger charge is -2.25. The van der Waals surface area contributed by atoms with E-state index >= 15 is 0 Å². The Labute approximate surface area is 141 Å². The third-order valence-electron chi connectivity index (χ3n) is 4.71. The zero-order valence-corrected chi connectivity index (χ0v) is 13.6. The number of fused-ring (bicyclic) bond motifs is 1. The predicted octanol–water partition coefficient (Wildman–Crippen LogP) is 2.73. The predicted molar refractivity (Wildman–Crippen MR) is 89.3 cm³/mol. The molecule has 1 N–H and O–H groups in total. The van der Waals surface area contributed by atoms with Crippen molar-refractivity contribution in [1.29, 1.82) is 0 Å². The van der Waals surface area contributed by atoms with Crippen LogP contribution in [0.4, 0.5) is 0 Å². The van der Waals surface area contributed by atoms with Crippen molar-refractivity contribution in [3.63, 3.8) is 0 Å². The number of ether oxygens (including phenoxy) is 3. The summed E-state index contributed by atoms with van der Waals surface area (Å²) in [6.07, 6.45) is 0.398. The minimum Gasteiger partial charge on any atom is -0.497 e. The first-order valence-corrected chi connectivity index (χ1v) is 8.18. The molecule has 2 heterocycles. The van der Waals surface area contributed by atoms with Gasteiger partial charge in [-0.15, -0.1) is 0 Å². The number of β-amino-alcohol motifs (C(OH)–C–C–N with tert-alkyl or cyclic N) is 1. The lowest BCUT2D eigenvalue weighted by molar-refractivity contribution is 0.165. The second kappa shape index (κ2) is 6.34. The SMILES string of the molecule is COc1cccc(C2CC(O)CN2Cc2cccc3c2OCO3)c1. The number of hydrogen-bond donors (Lipinski definition) is 1. The Hall–Kier alpha value is -2.24. The Morgan fingerprint density at radius 1 is 1.21 bits per heavy atom. The van der Waals surface area contributed by atoms with Gasteiger partial charge in [0, 0.05) is 24.7 Å². The second-order valence-electron chi connectivity index (χ2n) is 6.26. The van der Waals surface area contributed by atoms with Crippen LogP contribution in [0.15, 0.2) is 42.5 Å². The van der Waals surface area contributed by atoms with Crippen molar-refractivity contribution < 1.29 is 19.3 Å². The van der Waals surface area contributed by atoms with Gasteiger partial charge in [-0.1, -0.05) is 24.3 Å². The highest BCUT2D eigenvalue weighted by Crippen LogP contribution is 2.39. The normalized spacial score (nSPS) is 22.8. The third kappa shape index (κ3) is 2.81. The molecule has 2 unspecified atom stereocenters. The molecule has 0 bridgehead atoms. The summed E-state index contributed by atoms with van der Waals surface area (Å²) >= 11 is 0. The van der Waals surface area contributed by atoms with Crippen LogP contribution < -0.4 is 14.2 Å². The lowest BCUT2D eigenvalue weighted by atomic mass is 10.0. The van der Waals surface area contributed by atoms with Gasteiger partial charge in [0.25, 0.3) is 0 Å². The van der Waals surface area contributed by atoms with Gasteiger partial charge >= 0.3 is 0 Å². The molecular weight excluding hydrogens is 306 g/mol. The molecule has 5 heteroatoms. The zero-order valence-electron chi connectivity index (χ0n) is 13.6. The number of hydrogen-bond acceptors (Lipinski definition) is 5. The van der Waals surface area contributed by atoms with Crippen molar-refractivity contribution in [2.24, 2.45) is 0 Å². The lowest BCUT2D eigenvalue weighted by Crippen LogP contribution is -2.24. The van der Waals surface area contributed by atoms with Crippen molar-refractivity contribution in [3.8, 4) is 17.2 Å². The van der Waals surface area contributed by atoms with Crippen LogP contribution in [-0.2, 0) is 6.54 Å². The van der Waals surface area contributed by atoms with Gasteiger partial charge in [-0.2, -0.15) is 0 Å². The Morgan fingerprint density at radius 3 is 2.96 bits per heavy atom. The van der Waals surface area contributed by atoms with E-state index in [1.165, 1.54) is 0 Å². The molecule has 0 aliphatic carbocycles. The highest BCUT2D eigenvalue weighted by molar-refractivity contribution is 5.48. The van der Waals surface area contributed by atoms with Gasteiger partial charge < -0.3 is 19.3 Å². The van der Waals surface area contributed by atoms with E-state index in [0.717, 1.165) is 34.8 Å². The van der Waals surface area contributed by atoms with Crippen LogP contribution in [0.25, 0.3) is 0 Å². The molecule has 5 nitrogen and oxygen atoms in total. The van der Waals surface area contributed by atoms with Crippen molar-refractivity contribution in [2.45, 2.75) is 25.1 Å². The third-order valence-corrected chi connectivity index (χ3v) is 4.71. The Bertz CT molecular complexity index is 733. The molecule has 1 fully saturated rings. The molecule has 0 amide bonds. The van der Waals surface area contributed by atoms with Gasteiger partial charge in [0.05, 0.1) is 13.2 Å². The molecule has 2 aromatic rings. The number of likely N-dealkylation sites (tertiary alicyclic amines) is 1. The molecule has 126 valence electrons. The largest absolute Gasteiger partial charge is 0.497 e. The van der Waals surface area contributed by atoms with Crippen molar-refractivity contribution >= 4 is 0 Å². The fourth-order valence-electron chi connectivity index (χ4n) is 3.58. The van der Waals surface area contributed by atoms with Crippen molar-refractivity contribution in [2.75, 3.05) is 20.4 Å². The molecule has 2 atom stereocenters. The van der Waals surface area contributed by atoms with E-state index in [2.05, 4.69) is 17.0 Å². The van der Waals surface area contributed by atoms with E-state index in [4.69, 9.17) is 14.2 Å². The molecule has 0 spiro atoms. The summed E-state index contributed by atoms with van der Waals surface area (Å²) in [5, 5.41) is 10.2. The average Bonchev–Trinajstić information content (AvgIpc) is 3.22. The van der Waals surface area contributed by atoms with E-state index in [1.54, 1.807) is 7.11 Å². The van der Waals surface area contributed by atoms with Crippen molar-refractivity contribution in [1.82, 2.24) is 4.90 Å². The van der Waals surface area contributed by atoms with Crippen LogP contribution in [-0.4, -0.2) is 36.6 Å². The molecule has 2 aliphatic heterocycles. The maximum atomic E-state index is 10.2. The van der Waals surface area contributed by atoms with E-state index in [0.29, 0.717) is 13.1 Å². The number of methoxy groups -OCH3 is 1. The average molecular weight is 327 g/mol. The molecule has 0 saturated carbocycles. The second-order valence-corrected chi connectivity index (χ2v) is 6.26. The van der Waals surface area contributed by atoms with E-state index in [1.807, 2.05) is 30.3 Å². The first-order valence-electron chi connectivity index (χ1n) is 8.18. The number of aliphatic hydroxyl groups excluding tert-OH is 1. The Morgan fingerprint density at radius 2 is 2.08 bits per heavy atom. The van der Waals surface area contributed by atoms with Crippen LogP contribution in [0.1, 0.15) is 23.6 Å². The summed E-state index contributed by atoms with van der Waals surface area (Å²) in [7, 11) is 1.67.